The van der Waals surface area contributed by atoms with Crippen molar-refractivity contribution in [3.8, 4) is 17.2 Å². The third-order valence-electron chi connectivity index (χ3n) is 27.3. The number of thiocarbonyl (C=S) groups is 1. The highest BCUT2D eigenvalue weighted by Crippen LogP contribution is 2.47. The summed E-state index contributed by atoms with van der Waals surface area (Å²) >= 11 is 36.1. The Morgan fingerprint density at radius 3 is 1.50 bits per heavy atom. The van der Waals surface area contributed by atoms with Gasteiger partial charge in [0, 0.05) is 165 Å². The Bertz CT molecular complexity index is 7000. The number of nitrogens with one attached hydrogen (secondary N) is 7. The van der Waals surface area contributed by atoms with E-state index in [1.807, 2.05) is 127 Å². The van der Waals surface area contributed by atoms with Crippen LogP contribution in [0.25, 0.3) is 43.6 Å². The van der Waals surface area contributed by atoms with Crippen LogP contribution in [-0.2, 0) is 51.2 Å². The number of rotatable bonds is 21. The zero-order valence-electron chi connectivity index (χ0n) is 79.3. The zero-order chi connectivity index (χ0) is 99.6. The average molecular weight is 2110 g/mol. The first-order valence-corrected chi connectivity index (χ1v) is 51.9. The second kappa shape index (κ2) is 45.6. The molecule has 7 atom stereocenters. The van der Waals surface area contributed by atoms with Crippen molar-refractivity contribution in [2.24, 2.45) is 5.73 Å². The van der Waals surface area contributed by atoms with Crippen LogP contribution in [0.4, 0.5) is 29.3 Å². The number of hydrogen-bond acceptors (Lipinski definition) is 16. The van der Waals surface area contributed by atoms with Crippen LogP contribution in [0.1, 0.15) is 153 Å². The van der Waals surface area contributed by atoms with Crippen LogP contribution in [0, 0.1) is 5.82 Å². The molecule has 0 radical (unpaired) electrons. The number of esters is 1. The van der Waals surface area contributed by atoms with Crippen molar-refractivity contribution >= 4 is 177 Å². The molecule has 143 heavy (non-hydrogen) atoms. The number of nitrogens with two attached hydrogens (primary N) is 1. The fourth-order valence-electron chi connectivity index (χ4n) is 20.4. The third kappa shape index (κ3) is 23.2. The van der Waals surface area contributed by atoms with Crippen molar-refractivity contribution in [2.45, 2.75) is 120 Å². The Balaban J connectivity index is 0.000000129. The predicted molar refractivity (Wildman–Crippen MR) is 568 cm³/mol. The fourth-order valence-corrected chi connectivity index (χ4v) is 23.3. The van der Waals surface area contributed by atoms with E-state index in [4.69, 9.17) is 92.8 Å². The number of fused-ring (bicyclic) bond motifs is 13. The molecule has 3 saturated heterocycles. The molecule has 6 amide bonds. The Morgan fingerprint density at radius 2 is 0.986 bits per heavy atom. The van der Waals surface area contributed by atoms with Crippen LogP contribution < -0.4 is 35.9 Å². The lowest BCUT2D eigenvalue weighted by molar-refractivity contribution is -0.144. The molecule has 7 unspecified atom stereocenters. The lowest BCUT2D eigenvalue weighted by Gasteiger charge is -2.38. The van der Waals surface area contributed by atoms with Crippen LogP contribution in [-0.4, -0.2) is 207 Å². The maximum absolute atomic E-state index is 13.7. The summed E-state index contributed by atoms with van der Waals surface area (Å²) in [7, 11) is 3.86. The summed E-state index contributed by atoms with van der Waals surface area (Å²) in [6, 6.07) is 67.3. The normalized spacial score (nSPS) is 18.5. The number of thioether (sulfide) groups is 1. The maximum Gasteiger partial charge on any atom is 0.416 e. The number of amides is 6. The van der Waals surface area contributed by atoms with Gasteiger partial charge in [-0.1, -0.05) is 135 Å². The molecule has 9 N–H and O–H groups in total. The van der Waals surface area contributed by atoms with E-state index in [9.17, 15) is 33.2 Å². The van der Waals surface area contributed by atoms with E-state index in [1.165, 1.54) is 47.2 Å². The summed E-state index contributed by atoms with van der Waals surface area (Å²) in [6.07, 6.45) is 6.04. The van der Waals surface area contributed by atoms with Gasteiger partial charge >= 0.3 is 30.3 Å². The Labute approximate surface area is 865 Å². The first kappa shape index (κ1) is 101. The van der Waals surface area contributed by atoms with Crippen LogP contribution in [0.2, 0.25) is 20.1 Å². The first-order valence-electron chi connectivity index (χ1n) is 48.1. The van der Waals surface area contributed by atoms with Gasteiger partial charge in [-0.25, -0.2) is 23.6 Å². The van der Waals surface area contributed by atoms with E-state index < -0.39 is 18.0 Å². The molecule has 3 fully saturated rings. The van der Waals surface area contributed by atoms with Crippen molar-refractivity contribution < 1.29 is 61.6 Å². The molecule has 26 nitrogen and oxygen atoms in total. The Kier molecular flexibility index (Phi) is 32.1. The minimum absolute atomic E-state index is 0.0826. The number of aromatic nitrogens is 4. The number of ether oxygens (including phenoxy) is 6. The van der Waals surface area contributed by atoms with E-state index in [1.54, 1.807) is 72.4 Å². The fraction of sp³-hybridized carbons (Fsp3) is 0.312. The van der Waals surface area contributed by atoms with E-state index in [-0.39, 0.29) is 73.4 Å². The maximum atomic E-state index is 13.7. The highest BCUT2D eigenvalue weighted by molar-refractivity contribution is 9.10. The first-order chi connectivity index (χ1) is 69.4. The Morgan fingerprint density at radius 1 is 0.510 bits per heavy atom. The van der Waals surface area contributed by atoms with Crippen molar-refractivity contribution in [3.63, 3.8) is 0 Å². The predicted octanol–water partition coefficient (Wildman–Crippen LogP) is 22.8. The number of primary amides is 1. The SMILES string of the molecule is CCOC(=O)N1CCc2c([nH]c3ccc(Br)cc23)C1c1ccc(CN2CCCN(C)CC2)cc1.CCOC(=O)N1CCc2c([nH]c3ccc(Cl)cc23)C1c1ccc(C(N)=O)cc1.COc1ccc(C2c3[nH]c4ccc(Cl)cc4c3CCN2C(=S)Nc2cccc(F)c2)cc1.O=C1NC2CSC(CCCCC(=O)OCCOc3ccc(C4c5[nH]c6ccc(Cl)cc6c5CCN4C(=O)Oc4ccc(Cl)cc4)cc3)C2N1. The molecule has 0 aliphatic carbocycles. The molecule has 742 valence electrons. The van der Waals surface area contributed by atoms with Gasteiger partial charge in [0.2, 0.25) is 5.91 Å². The van der Waals surface area contributed by atoms with Gasteiger partial charge in [-0.15, -0.1) is 0 Å². The van der Waals surface area contributed by atoms with Gasteiger partial charge < -0.3 is 79.8 Å². The minimum Gasteiger partial charge on any atom is -0.497 e. The molecule has 11 heterocycles. The Hall–Kier alpha value is -12.5. The molecular weight excluding hydrogens is 2000 g/mol. The molecule has 7 aliphatic heterocycles. The average Bonchev–Trinajstić information content (AvgIpc) is 1.61. The van der Waals surface area contributed by atoms with Crippen LogP contribution >= 0.6 is 86.3 Å². The van der Waals surface area contributed by atoms with Gasteiger partial charge in [0.05, 0.1) is 38.4 Å². The summed E-state index contributed by atoms with van der Waals surface area (Å²) in [5.74, 6) is 1.71. The number of unbranched alkanes of at least 4 members (excludes halogenated alkanes) is 1. The highest BCUT2D eigenvalue weighted by Gasteiger charge is 2.44. The summed E-state index contributed by atoms with van der Waals surface area (Å²) in [5.41, 5.74) is 24.5. The summed E-state index contributed by atoms with van der Waals surface area (Å²) < 4.78 is 47.9. The number of halogens is 6. The number of nitrogens with zero attached hydrogens (tertiary/aromatic N) is 6. The van der Waals surface area contributed by atoms with E-state index in [0.29, 0.717) is 112 Å². The smallest absolute Gasteiger partial charge is 0.416 e. The van der Waals surface area contributed by atoms with Gasteiger partial charge in [0.1, 0.15) is 54.4 Å². The highest BCUT2D eigenvalue weighted by atomic mass is 79.9. The number of H-pyrrole nitrogens is 4. The molecule has 4 aromatic heterocycles. The second-order valence-corrected chi connectivity index (χ2v) is 40.6. The van der Waals surface area contributed by atoms with Gasteiger partial charge in [0.15, 0.2) is 5.11 Å². The molecular formula is C109H110BrCl4FN14O12S2. The molecule has 14 aromatic rings. The van der Waals surface area contributed by atoms with E-state index in [0.717, 1.165) is 169 Å². The lowest BCUT2D eigenvalue weighted by atomic mass is 9.92. The van der Waals surface area contributed by atoms with Crippen LogP contribution in [0.15, 0.2) is 223 Å². The number of hydrogen-bond donors (Lipinski definition) is 8. The largest absolute Gasteiger partial charge is 0.497 e. The third-order valence-corrected chi connectivity index (χ3v) is 30.6. The monoisotopic (exact) mass is 2110 g/mol. The summed E-state index contributed by atoms with van der Waals surface area (Å²) in [4.78, 5) is 101. The number of aromatic amines is 4. The minimum atomic E-state index is -0.488. The number of anilines is 1. The number of methoxy groups -OCH3 is 1. The standard InChI is InChI=1S/C36H36Cl2N4O6S.C27H33BrN4O2.C25H21ClFN3OS.C21H20ClN3O3/c37-22-7-12-25(13-8-22)48-36(45)42-16-15-26-27-19-23(38)9-14-28(27)39-32(26)34(42)21-5-10-24(11-6-21)46-17-18-47-31(43)4-2-1-3-30-33-29(20-49-30)40-35(44)41-33;1-3-34-27(33)32-14-11-22-23-17-21(28)9-10-24(23)29-25(22)26(32)20-7-5-19(6-8-20)18-31-13-4-12-30(2)15-16-31;1-31-19-8-5-15(6-9-19)24-23-20(21-13-16(26)7-10-22(21)29-23)11-12-30(24)25(32)28-18-4-2-3-17(27)14-18;1-2-28-21(27)25-10-9-15-16-11-14(22)7-8-17(16)24-18(15)19(25)12-3-5-13(6-4-12)20(23)26/h5-14,19,29-30,33-34,39H,1-4,15-18,20H2,(H2,40,41,44);5-10,17,26,29H,3-4,11-16,18H2,1-2H3;2-10,13-14,24,29H,11-12H2,1H3,(H,28,32);3-8,11,19,24H,2,9-10H2,1H3,(H2,23,26). The van der Waals surface area contributed by atoms with Gasteiger partial charge in [0.25, 0.3) is 0 Å². The number of carbonyl (C=O) groups excluding carboxylic acids is 6. The summed E-state index contributed by atoms with van der Waals surface area (Å²) in [6.45, 7) is 12.5. The van der Waals surface area contributed by atoms with E-state index in [2.05, 4.69) is 128 Å². The molecule has 0 bridgehead atoms. The molecule has 0 saturated carbocycles. The molecule has 7 aliphatic rings. The number of carbonyl (C=O) groups is 6. The van der Waals surface area contributed by atoms with Crippen LogP contribution in [0.5, 0.6) is 17.2 Å². The molecule has 0 spiro atoms. The number of benzene rings is 10. The van der Waals surface area contributed by atoms with Gasteiger partial charge in [-0.2, -0.15) is 11.8 Å². The van der Waals surface area contributed by atoms with Crippen molar-refractivity contribution in [1.29, 1.82) is 0 Å². The van der Waals surface area contributed by atoms with Crippen molar-refractivity contribution in [1.82, 2.24) is 60.0 Å². The quantitative estimate of drug-likeness (QED) is 0.0109. The molecule has 10 aromatic carbocycles. The van der Waals surface area contributed by atoms with Gasteiger partial charge in [-0.05, 0) is 293 Å². The summed E-state index contributed by atoms with van der Waals surface area (Å²) in [5, 5.41) is 17.1. The van der Waals surface area contributed by atoms with Crippen molar-refractivity contribution in [3.05, 3.63) is 327 Å². The number of urea groups is 1. The lowest BCUT2D eigenvalue weighted by Crippen LogP contribution is -2.42. The van der Waals surface area contributed by atoms with Crippen molar-refractivity contribution in [2.75, 3.05) is 104 Å². The zero-order valence-corrected chi connectivity index (χ0v) is 85.6. The molecule has 34 heteroatoms. The van der Waals surface area contributed by atoms with Crippen LogP contribution in [0.3, 0.4) is 0 Å². The van der Waals surface area contributed by atoms with Gasteiger partial charge in [-0.3, -0.25) is 29.2 Å². The second-order valence-electron chi connectivity index (χ2n) is 36.3. The molecule has 21 rings (SSSR count). The topological polar surface area (TPSA) is 303 Å². The van der Waals surface area contributed by atoms with E-state index >= 15 is 0 Å². The number of likely N-dealkylation sites (N-methyl/N-ethyl adjacent to an activating group) is 1.